The molecule has 0 aromatic heterocycles. The molecule has 0 heterocycles. The van der Waals surface area contributed by atoms with Gasteiger partial charge in [-0.15, -0.1) is 0 Å². The highest BCUT2D eigenvalue weighted by Crippen LogP contribution is 2.12. The molecule has 4 N–H and O–H groups in total. The molecule has 0 bridgehead atoms. The number of halogens is 3. The number of hydrogen-bond donors (Lipinski definition) is 3. The number of primary amides is 1. The predicted octanol–water partition coefficient (Wildman–Crippen LogP) is -0.278. The van der Waals surface area contributed by atoms with Crippen LogP contribution in [0, 0.1) is 0 Å². The second kappa shape index (κ2) is 4.68. The van der Waals surface area contributed by atoms with Crippen molar-refractivity contribution in [3.05, 3.63) is 0 Å². The first kappa shape index (κ1) is 12.5. The minimum absolute atomic E-state index is 0.943. The summed E-state index contributed by atoms with van der Waals surface area (Å²) >= 11 is 0. The molecular formula is C6H10F3N3O2. The van der Waals surface area contributed by atoms with Crippen LogP contribution in [0.5, 0.6) is 0 Å². The van der Waals surface area contributed by atoms with Crippen molar-refractivity contribution in [2.45, 2.75) is 19.1 Å². The average Bonchev–Trinajstić information content (AvgIpc) is 1.97. The summed E-state index contributed by atoms with van der Waals surface area (Å²) < 4.78 is 34.8. The topological polar surface area (TPSA) is 84.2 Å². The molecule has 1 atom stereocenters. The summed E-state index contributed by atoms with van der Waals surface area (Å²) in [6.07, 6.45) is -4.47. The van der Waals surface area contributed by atoms with Crippen molar-refractivity contribution in [1.29, 1.82) is 0 Å². The van der Waals surface area contributed by atoms with Crippen LogP contribution in [0.1, 0.15) is 6.92 Å². The van der Waals surface area contributed by atoms with Crippen LogP contribution >= 0.6 is 0 Å². The fourth-order valence-corrected chi connectivity index (χ4v) is 0.619. The van der Waals surface area contributed by atoms with Crippen LogP contribution in [0.15, 0.2) is 0 Å². The molecule has 0 spiro atoms. The third kappa shape index (κ3) is 6.09. The number of carbonyl (C=O) groups excluding carboxylic acids is 2. The number of nitrogens with one attached hydrogen (secondary N) is 2. The lowest BCUT2D eigenvalue weighted by molar-refractivity contribution is -0.139. The zero-order valence-corrected chi connectivity index (χ0v) is 7.31. The van der Waals surface area contributed by atoms with E-state index < -0.39 is 30.7 Å². The van der Waals surface area contributed by atoms with Gasteiger partial charge in [0.25, 0.3) is 0 Å². The Morgan fingerprint density at radius 1 is 1.43 bits per heavy atom. The van der Waals surface area contributed by atoms with Crippen molar-refractivity contribution in [2.75, 3.05) is 6.54 Å². The molecular weight excluding hydrogens is 203 g/mol. The van der Waals surface area contributed by atoms with Crippen LogP contribution < -0.4 is 16.4 Å². The van der Waals surface area contributed by atoms with Gasteiger partial charge in [0.1, 0.15) is 12.6 Å². The Hall–Kier alpha value is -1.47. The number of alkyl halides is 3. The molecule has 14 heavy (non-hydrogen) atoms. The number of urea groups is 1. The zero-order valence-electron chi connectivity index (χ0n) is 7.31. The molecule has 1 unspecified atom stereocenters. The maximum Gasteiger partial charge on any atom is 0.405 e. The van der Waals surface area contributed by atoms with E-state index in [9.17, 15) is 22.8 Å². The van der Waals surface area contributed by atoms with Crippen molar-refractivity contribution in [3.63, 3.8) is 0 Å². The van der Waals surface area contributed by atoms with E-state index in [2.05, 4.69) is 5.73 Å². The van der Waals surface area contributed by atoms with Crippen LogP contribution in [0.3, 0.4) is 0 Å². The first-order chi connectivity index (χ1) is 6.22. The highest BCUT2D eigenvalue weighted by Gasteiger charge is 2.28. The van der Waals surface area contributed by atoms with Crippen LogP contribution in [0.25, 0.3) is 0 Å². The summed E-state index contributed by atoms with van der Waals surface area (Å²) in [5, 5.41) is 3.53. The molecule has 5 nitrogen and oxygen atoms in total. The van der Waals surface area contributed by atoms with Gasteiger partial charge in [-0.05, 0) is 6.92 Å². The summed E-state index contributed by atoms with van der Waals surface area (Å²) in [6.45, 7) is -0.215. The smallest absolute Gasteiger partial charge is 0.352 e. The third-order valence-electron chi connectivity index (χ3n) is 1.22. The van der Waals surface area contributed by atoms with Gasteiger partial charge in [-0.25, -0.2) is 4.79 Å². The van der Waals surface area contributed by atoms with Crippen LogP contribution in [-0.4, -0.2) is 30.7 Å². The Morgan fingerprint density at radius 2 is 1.93 bits per heavy atom. The van der Waals surface area contributed by atoms with E-state index in [1.165, 1.54) is 6.92 Å². The lowest BCUT2D eigenvalue weighted by atomic mass is 10.3. The fraction of sp³-hybridized carbons (Fsp3) is 0.667. The molecule has 0 saturated heterocycles. The van der Waals surface area contributed by atoms with Gasteiger partial charge in [-0.2, -0.15) is 13.2 Å². The van der Waals surface area contributed by atoms with Crippen molar-refractivity contribution >= 4 is 11.9 Å². The van der Waals surface area contributed by atoms with Crippen LogP contribution in [-0.2, 0) is 4.79 Å². The van der Waals surface area contributed by atoms with Gasteiger partial charge >= 0.3 is 12.2 Å². The SMILES string of the molecule is CC(NC(N)=O)C(=O)NCC(F)(F)F. The first-order valence-corrected chi connectivity index (χ1v) is 3.63. The van der Waals surface area contributed by atoms with E-state index in [-0.39, 0.29) is 0 Å². The standard InChI is InChI=1S/C6H10F3N3O2/c1-3(12-5(10)14)4(13)11-2-6(7,8)9/h3H,2H2,1H3,(H,11,13)(H3,10,12,14). The molecule has 82 valence electrons. The molecule has 0 fully saturated rings. The highest BCUT2D eigenvalue weighted by atomic mass is 19.4. The largest absolute Gasteiger partial charge is 0.405 e. The predicted molar refractivity (Wildman–Crippen MR) is 41.2 cm³/mol. The summed E-state index contributed by atoms with van der Waals surface area (Å²) in [6, 6.07) is -2.06. The summed E-state index contributed by atoms with van der Waals surface area (Å²) in [7, 11) is 0. The molecule has 0 aliphatic rings. The van der Waals surface area contributed by atoms with E-state index in [0.717, 1.165) is 0 Å². The normalized spacial score (nSPS) is 13.1. The van der Waals surface area contributed by atoms with Crippen molar-refractivity contribution in [3.8, 4) is 0 Å². The van der Waals surface area contributed by atoms with Crippen molar-refractivity contribution in [1.82, 2.24) is 10.6 Å². The number of hydrogen-bond acceptors (Lipinski definition) is 2. The molecule has 0 radical (unpaired) electrons. The van der Waals surface area contributed by atoms with Crippen LogP contribution in [0.2, 0.25) is 0 Å². The molecule has 0 aromatic carbocycles. The molecule has 0 aliphatic carbocycles. The zero-order chi connectivity index (χ0) is 11.4. The maximum atomic E-state index is 11.6. The van der Waals surface area contributed by atoms with E-state index in [0.29, 0.717) is 0 Å². The van der Waals surface area contributed by atoms with Gasteiger partial charge in [-0.3, -0.25) is 4.79 Å². The van der Waals surface area contributed by atoms with Gasteiger partial charge in [0.15, 0.2) is 0 Å². The summed E-state index contributed by atoms with van der Waals surface area (Å²) in [5.41, 5.74) is 4.66. The Morgan fingerprint density at radius 3 is 2.29 bits per heavy atom. The Kier molecular flexibility index (Phi) is 4.19. The molecule has 0 rings (SSSR count). The Labute approximate surface area is 77.8 Å². The summed E-state index contributed by atoms with van der Waals surface area (Å²) in [5.74, 6) is -0.943. The van der Waals surface area contributed by atoms with Gasteiger partial charge in [0.05, 0.1) is 0 Å². The molecule has 0 saturated carbocycles. The van der Waals surface area contributed by atoms with Crippen molar-refractivity contribution in [2.24, 2.45) is 5.73 Å². The van der Waals surface area contributed by atoms with Gasteiger partial charge < -0.3 is 16.4 Å². The Bertz CT molecular complexity index is 229. The molecule has 0 aliphatic heterocycles. The van der Waals surface area contributed by atoms with Gasteiger partial charge in [0, 0.05) is 0 Å². The molecule has 3 amide bonds. The van der Waals surface area contributed by atoms with Crippen molar-refractivity contribution < 1.29 is 22.8 Å². The van der Waals surface area contributed by atoms with Gasteiger partial charge in [0.2, 0.25) is 5.91 Å². The van der Waals surface area contributed by atoms with E-state index in [4.69, 9.17) is 0 Å². The van der Waals surface area contributed by atoms with E-state index in [1.807, 2.05) is 5.32 Å². The number of nitrogens with two attached hydrogens (primary N) is 1. The van der Waals surface area contributed by atoms with E-state index in [1.54, 1.807) is 5.32 Å². The lowest BCUT2D eigenvalue weighted by Gasteiger charge is -2.13. The second-order valence-electron chi connectivity index (χ2n) is 2.56. The summed E-state index contributed by atoms with van der Waals surface area (Å²) in [4.78, 5) is 21.1. The monoisotopic (exact) mass is 213 g/mol. The Balaban J connectivity index is 3.91. The lowest BCUT2D eigenvalue weighted by Crippen LogP contribution is -2.48. The third-order valence-corrected chi connectivity index (χ3v) is 1.22. The van der Waals surface area contributed by atoms with Crippen LogP contribution in [0.4, 0.5) is 18.0 Å². The average molecular weight is 213 g/mol. The molecule has 8 heteroatoms. The fourth-order valence-electron chi connectivity index (χ4n) is 0.619. The number of rotatable bonds is 3. The number of amides is 3. The van der Waals surface area contributed by atoms with Gasteiger partial charge in [-0.1, -0.05) is 0 Å². The number of carbonyl (C=O) groups is 2. The quantitative estimate of drug-likeness (QED) is 0.602. The minimum atomic E-state index is -4.47. The highest BCUT2D eigenvalue weighted by molar-refractivity contribution is 5.86. The second-order valence-corrected chi connectivity index (χ2v) is 2.56. The first-order valence-electron chi connectivity index (χ1n) is 3.63. The maximum absolute atomic E-state index is 11.6. The van der Waals surface area contributed by atoms with E-state index >= 15 is 0 Å². The molecule has 0 aromatic rings. The minimum Gasteiger partial charge on any atom is -0.352 e.